The van der Waals surface area contributed by atoms with Crippen molar-refractivity contribution in [1.82, 2.24) is 9.80 Å². The lowest BCUT2D eigenvalue weighted by atomic mass is 10.1. The molecule has 2 saturated heterocycles. The molecule has 0 aromatic heterocycles. The van der Waals surface area contributed by atoms with Crippen LogP contribution in [0, 0.1) is 0 Å². The number of likely N-dealkylation sites (tertiary alicyclic amines) is 2. The molecule has 0 bridgehead atoms. The molecule has 2 unspecified atom stereocenters. The van der Waals surface area contributed by atoms with Crippen LogP contribution in [-0.4, -0.2) is 68.0 Å². The van der Waals surface area contributed by atoms with Crippen molar-refractivity contribution < 1.29 is 8.42 Å². The molecular formula is C26H52N2O2S. The van der Waals surface area contributed by atoms with Crippen LogP contribution in [0.2, 0.25) is 0 Å². The lowest BCUT2D eigenvalue weighted by Crippen LogP contribution is -2.39. The van der Waals surface area contributed by atoms with Crippen LogP contribution in [-0.2, 0) is 9.84 Å². The van der Waals surface area contributed by atoms with Crippen LogP contribution in [0.3, 0.4) is 0 Å². The van der Waals surface area contributed by atoms with Crippen molar-refractivity contribution >= 4 is 9.84 Å². The van der Waals surface area contributed by atoms with Gasteiger partial charge >= 0.3 is 0 Å². The first-order valence-corrected chi connectivity index (χ1v) is 15.4. The molecule has 5 heteroatoms. The van der Waals surface area contributed by atoms with E-state index < -0.39 is 9.84 Å². The maximum Gasteiger partial charge on any atom is 0.156 e. The molecule has 0 aromatic carbocycles. The molecule has 0 aromatic rings. The van der Waals surface area contributed by atoms with Crippen molar-refractivity contribution in [2.45, 2.75) is 127 Å². The molecule has 0 aliphatic carbocycles. The molecule has 184 valence electrons. The quantitative estimate of drug-likeness (QED) is 0.265. The van der Waals surface area contributed by atoms with Crippen molar-refractivity contribution in [2.75, 3.05) is 39.3 Å². The third-order valence-corrected chi connectivity index (χ3v) is 10.4. The van der Waals surface area contributed by atoms with Gasteiger partial charge in [0.1, 0.15) is 0 Å². The predicted molar refractivity (Wildman–Crippen MR) is 135 cm³/mol. The molecule has 2 rings (SSSR count). The van der Waals surface area contributed by atoms with E-state index in [9.17, 15) is 8.42 Å². The van der Waals surface area contributed by atoms with Gasteiger partial charge in [0.25, 0.3) is 0 Å². The van der Waals surface area contributed by atoms with E-state index >= 15 is 0 Å². The summed E-state index contributed by atoms with van der Waals surface area (Å²) in [5.74, 6) is 0. The summed E-state index contributed by atoms with van der Waals surface area (Å²) >= 11 is 0. The summed E-state index contributed by atoms with van der Waals surface area (Å²) in [6, 6.07) is 0. The van der Waals surface area contributed by atoms with Crippen LogP contribution in [0.15, 0.2) is 0 Å². The normalized spacial score (nSPS) is 21.2. The summed E-state index contributed by atoms with van der Waals surface area (Å²) in [6.07, 6.45) is 18.0. The third kappa shape index (κ3) is 10.1. The van der Waals surface area contributed by atoms with Gasteiger partial charge in [0.15, 0.2) is 9.84 Å². The zero-order chi connectivity index (χ0) is 22.4. The van der Waals surface area contributed by atoms with Crippen molar-refractivity contribution in [3.05, 3.63) is 0 Å². The number of piperidine rings is 2. The second kappa shape index (κ2) is 15.7. The molecule has 0 spiro atoms. The lowest BCUT2D eigenvalue weighted by molar-refractivity contribution is 0.222. The third-order valence-electron chi connectivity index (χ3n) is 7.62. The Morgan fingerprint density at radius 1 is 0.581 bits per heavy atom. The van der Waals surface area contributed by atoms with Gasteiger partial charge in [-0.15, -0.1) is 0 Å². The SMILES string of the molecule is CCCCCC(CCN1CCCCC1)S(=O)(=O)C(CCCCC)CCN1CCCCC1. The maximum atomic E-state index is 13.9. The first kappa shape index (κ1) is 27.1. The second-order valence-electron chi connectivity index (χ2n) is 10.2. The van der Waals surface area contributed by atoms with Crippen LogP contribution in [0.1, 0.15) is 117 Å². The second-order valence-corrected chi connectivity index (χ2v) is 12.7. The minimum Gasteiger partial charge on any atom is -0.303 e. The molecule has 31 heavy (non-hydrogen) atoms. The van der Waals surface area contributed by atoms with E-state index in [1.807, 2.05) is 0 Å². The fraction of sp³-hybridized carbons (Fsp3) is 1.00. The maximum absolute atomic E-state index is 13.9. The van der Waals surface area contributed by atoms with Crippen LogP contribution in [0.4, 0.5) is 0 Å². The summed E-state index contributed by atoms with van der Waals surface area (Å²) in [4.78, 5) is 5.04. The first-order valence-electron chi connectivity index (χ1n) is 13.7. The van der Waals surface area contributed by atoms with Crippen LogP contribution in [0.25, 0.3) is 0 Å². The zero-order valence-corrected chi connectivity index (χ0v) is 21.6. The highest BCUT2D eigenvalue weighted by Gasteiger charge is 2.33. The highest BCUT2D eigenvalue weighted by molar-refractivity contribution is 7.92. The van der Waals surface area contributed by atoms with Gasteiger partial charge in [-0.25, -0.2) is 8.42 Å². The molecule has 0 saturated carbocycles. The van der Waals surface area contributed by atoms with Crippen LogP contribution >= 0.6 is 0 Å². The van der Waals surface area contributed by atoms with E-state index in [2.05, 4.69) is 23.6 Å². The van der Waals surface area contributed by atoms with E-state index in [0.29, 0.717) is 0 Å². The summed E-state index contributed by atoms with van der Waals surface area (Å²) in [5, 5.41) is -0.261. The minimum absolute atomic E-state index is 0.131. The molecular weight excluding hydrogens is 404 g/mol. The van der Waals surface area contributed by atoms with Gasteiger partial charge in [-0.05, 0) is 90.6 Å². The smallest absolute Gasteiger partial charge is 0.156 e. The van der Waals surface area contributed by atoms with Crippen molar-refractivity contribution in [3.8, 4) is 0 Å². The Kier molecular flexibility index (Phi) is 13.7. The molecule has 2 aliphatic rings. The number of sulfone groups is 1. The summed E-state index contributed by atoms with van der Waals surface area (Å²) in [5.41, 5.74) is 0. The molecule has 2 aliphatic heterocycles. The molecule has 0 radical (unpaired) electrons. The Morgan fingerprint density at radius 3 is 1.32 bits per heavy atom. The monoisotopic (exact) mass is 456 g/mol. The number of nitrogens with zero attached hydrogens (tertiary/aromatic N) is 2. The average molecular weight is 457 g/mol. The average Bonchev–Trinajstić information content (AvgIpc) is 2.79. The van der Waals surface area contributed by atoms with Crippen LogP contribution < -0.4 is 0 Å². The highest BCUT2D eigenvalue weighted by Crippen LogP contribution is 2.26. The summed E-state index contributed by atoms with van der Waals surface area (Å²) in [6.45, 7) is 11.0. The lowest BCUT2D eigenvalue weighted by Gasteiger charge is -2.31. The van der Waals surface area contributed by atoms with Gasteiger partial charge in [0, 0.05) is 0 Å². The standard InChI is InChI=1S/C26H52N2O2S/c1-3-5-9-15-25(17-23-27-19-11-7-12-20-27)31(29,30)26(16-10-6-4-2)18-24-28-21-13-8-14-22-28/h25-26H,3-24H2,1-2H3. The van der Waals surface area contributed by atoms with Crippen molar-refractivity contribution in [2.24, 2.45) is 0 Å². The molecule has 0 amide bonds. The minimum atomic E-state index is -3.08. The van der Waals surface area contributed by atoms with Gasteiger partial charge in [-0.1, -0.05) is 65.2 Å². The summed E-state index contributed by atoms with van der Waals surface area (Å²) < 4.78 is 27.9. The zero-order valence-electron chi connectivity index (χ0n) is 20.8. The van der Waals surface area contributed by atoms with Gasteiger partial charge in [0.2, 0.25) is 0 Å². The molecule has 2 atom stereocenters. The number of hydrogen-bond acceptors (Lipinski definition) is 4. The van der Waals surface area contributed by atoms with E-state index in [0.717, 1.165) is 103 Å². The molecule has 0 N–H and O–H groups in total. The van der Waals surface area contributed by atoms with Crippen LogP contribution in [0.5, 0.6) is 0 Å². The van der Waals surface area contributed by atoms with Gasteiger partial charge < -0.3 is 9.80 Å². The Balaban J connectivity index is 2.02. The first-order chi connectivity index (χ1) is 15.1. The highest BCUT2D eigenvalue weighted by atomic mass is 32.2. The fourth-order valence-electron chi connectivity index (χ4n) is 5.48. The van der Waals surface area contributed by atoms with E-state index in [1.165, 1.54) is 38.5 Å². The van der Waals surface area contributed by atoms with Gasteiger partial charge in [0.05, 0.1) is 10.5 Å². The largest absolute Gasteiger partial charge is 0.303 e. The molecule has 2 fully saturated rings. The Hall–Kier alpha value is -0.130. The van der Waals surface area contributed by atoms with E-state index in [-0.39, 0.29) is 10.5 Å². The topological polar surface area (TPSA) is 40.6 Å². The number of rotatable bonds is 16. The number of unbranched alkanes of at least 4 members (excludes halogenated alkanes) is 4. The number of hydrogen-bond donors (Lipinski definition) is 0. The Bertz CT molecular complexity index is 498. The predicted octanol–water partition coefficient (Wildman–Crippen LogP) is 6.05. The Labute approximate surface area is 194 Å². The van der Waals surface area contributed by atoms with E-state index in [1.54, 1.807) is 0 Å². The molecule has 2 heterocycles. The van der Waals surface area contributed by atoms with Gasteiger partial charge in [-0.3, -0.25) is 0 Å². The molecule has 4 nitrogen and oxygen atoms in total. The van der Waals surface area contributed by atoms with Crippen molar-refractivity contribution in [3.63, 3.8) is 0 Å². The van der Waals surface area contributed by atoms with E-state index in [4.69, 9.17) is 0 Å². The Morgan fingerprint density at radius 2 is 0.968 bits per heavy atom. The fourth-order valence-corrected chi connectivity index (χ4v) is 7.88. The van der Waals surface area contributed by atoms with Crippen molar-refractivity contribution in [1.29, 1.82) is 0 Å². The van der Waals surface area contributed by atoms with Gasteiger partial charge in [-0.2, -0.15) is 0 Å². The summed E-state index contributed by atoms with van der Waals surface area (Å²) in [7, 11) is -3.08.